The molecule has 1 N–H and O–H groups in total. The van der Waals surface area contributed by atoms with Crippen molar-refractivity contribution in [1.29, 1.82) is 0 Å². The summed E-state index contributed by atoms with van der Waals surface area (Å²) in [5, 5.41) is 2.90. The number of hydrogen-bond donors (Lipinski definition) is 1. The number of ether oxygens (including phenoxy) is 1. The number of nitrogens with one attached hydrogen (secondary N) is 1. The van der Waals surface area contributed by atoms with Crippen LogP contribution in [0.1, 0.15) is 23.2 Å². The SMILES string of the molecule is CN(C)C(=O)COc1ccc(NC(=O)c2cccnc2N2CCCC2)cc1. The molecule has 1 saturated heterocycles. The first-order valence-electron chi connectivity index (χ1n) is 8.99. The molecule has 0 bridgehead atoms. The van der Waals surface area contributed by atoms with Crippen LogP contribution in [0.3, 0.4) is 0 Å². The minimum atomic E-state index is -0.193. The molecule has 7 heteroatoms. The summed E-state index contributed by atoms with van der Waals surface area (Å²) in [5.41, 5.74) is 1.22. The third kappa shape index (κ3) is 4.75. The molecule has 1 aromatic carbocycles. The normalized spacial score (nSPS) is 13.3. The fourth-order valence-electron chi connectivity index (χ4n) is 2.86. The van der Waals surface area contributed by atoms with Gasteiger partial charge in [-0.1, -0.05) is 0 Å². The van der Waals surface area contributed by atoms with Crippen LogP contribution in [0.2, 0.25) is 0 Å². The molecule has 27 heavy (non-hydrogen) atoms. The Bertz CT molecular complexity index is 799. The third-order valence-electron chi connectivity index (χ3n) is 4.41. The van der Waals surface area contributed by atoms with Crippen molar-refractivity contribution in [3.05, 3.63) is 48.2 Å². The lowest BCUT2D eigenvalue weighted by Gasteiger charge is -2.19. The average Bonchev–Trinajstić information content (AvgIpc) is 3.21. The number of nitrogens with zero attached hydrogens (tertiary/aromatic N) is 3. The van der Waals surface area contributed by atoms with E-state index in [1.807, 2.05) is 0 Å². The van der Waals surface area contributed by atoms with E-state index < -0.39 is 0 Å². The molecule has 2 aromatic rings. The minimum absolute atomic E-state index is 0.0203. The Morgan fingerprint density at radius 2 is 1.85 bits per heavy atom. The molecule has 0 aliphatic carbocycles. The molecule has 1 aliphatic rings. The van der Waals surface area contributed by atoms with Crippen LogP contribution >= 0.6 is 0 Å². The van der Waals surface area contributed by atoms with Gasteiger partial charge in [0, 0.05) is 39.1 Å². The highest BCUT2D eigenvalue weighted by Crippen LogP contribution is 2.23. The lowest BCUT2D eigenvalue weighted by molar-refractivity contribution is -0.130. The highest BCUT2D eigenvalue weighted by molar-refractivity contribution is 6.07. The number of amides is 2. The van der Waals surface area contributed by atoms with Crippen LogP contribution in [0.5, 0.6) is 5.75 Å². The molecule has 0 radical (unpaired) electrons. The number of hydrogen-bond acceptors (Lipinski definition) is 5. The van der Waals surface area contributed by atoms with E-state index in [1.54, 1.807) is 56.7 Å². The first-order chi connectivity index (χ1) is 13.0. The highest BCUT2D eigenvalue weighted by Gasteiger charge is 2.20. The Morgan fingerprint density at radius 1 is 1.15 bits per heavy atom. The summed E-state index contributed by atoms with van der Waals surface area (Å²) in [5.74, 6) is 0.997. The van der Waals surface area contributed by atoms with E-state index in [9.17, 15) is 9.59 Å². The van der Waals surface area contributed by atoms with Crippen molar-refractivity contribution in [1.82, 2.24) is 9.88 Å². The zero-order valence-electron chi connectivity index (χ0n) is 15.6. The maximum Gasteiger partial charge on any atom is 0.259 e. The van der Waals surface area contributed by atoms with Crippen molar-refractivity contribution in [2.45, 2.75) is 12.8 Å². The number of pyridine rings is 1. The van der Waals surface area contributed by atoms with E-state index >= 15 is 0 Å². The standard InChI is InChI=1S/C20H24N4O3/c1-23(2)18(25)14-27-16-9-7-15(8-10-16)22-20(26)17-6-5-11-21-19(17)24-12-3-4-13-24/h5-11H,3-4,12-14H2,1-2H3,(H,22,26). The molecule has 2 amide bonds. The van der Waals surface area contributed by atoms with Crippen LogP contribution < -0.4 is 15.0 Å². The molecule has 0 saturated carbocycles. The molecule has 1 aromatic heterocycles. The van der Waals surface area contributed by atoms with Gasteiger partial charge in [0.2, 0.25) is 0 Å². The second-order valence-corrected chi connectivity index (χ2v) is 6.62. The molecule has 7 nitrogen and oxygen atoms in total. The first kappa shape index (κ1) is 18.7. The summed E-state index contributed by atoms with van der Waals surface area (Å²) < 4.78 is 5.44. The van der Waals surface area contributed by atoms with Crippen LogP contribution in [-0.2, 0) is 4.79 Å². The number of anilines is 2. The van der Waals surface area contributed by atoms with Gasteiger partial charge >= 0.3 is 0 Å². The van der Waals surface area contributed by atoms with Crippen molar-refractivity contribution in [3.8, 4) is 5.75 Å². The summed E-state index contributed by atoms with van der Waals surface area (Å²) >= 11 is 0. The molecular weight excluding hydrogens is 344 g/mol. The van der Waals surface area contributed by atoms with Gasteiger partial charge in [0.15, 0.2) is 6.61 Å². The van der Waals surface area contributed by atoms with Crippen LogP contribution in [0, 0.1) is 0 Å². The molecule has 3 rings (SSSR count). The van der Waals surface area contributed by atoms with Crippen molar-refractivity contribution in [3.63, 3.8) is 0 Å². The number of benzene rings is 1. The van der Waals surface area contributed by atoms with Gasteiger partial charge in [-0.2, -0.15) is 0 Å². The van der Waals surface area contributed by atoms with Crippen LogP contribution in [0.4, 0.5) is 11.5 Å². The zero-order valence-corrected chi connectivity index (χ0v) is 15.6. The predicted octanol–water partition coefficient (Wildman–Crippen LogP) is 2.40. The van der Waals surface area contributed by atoms with Crippen LogP contribution in [0.25, 0.3) is 0 Å². The average molecular weight is 368 g/mol. The number of rotatable bonds is 6. The van der Waals surface area contributed by atoms with E-state index in [-0.39, 0.29) is 18.4 Å². The minimum Gasteiger partial charge on any atom is -0.484 e. The largest absolute Gasteiger partial charge is 0.484 e. The lowest BCUT2D eigenvalue weighted by Crippen LogP contribution is -2.27. The third-order valence-corrected chi connectivity index (χ3v) is 4.41. The molecular formula is C20H24N4O3. The van der Waals surface area contributed by atoms with Gasteiger partial charge in [-0.25, -0.2) is 4.98 Å². The molecule has 0 atom stereocenters. The number of likely N-dealkylation sites (N-methyl/N-ethyl adjacent to an activating group) is 1. The van der Waals surface area contributed by atoms with Gasteiger partial charge < -0.3 is 19.9 Å². The summed E-state index contributed by atoms with van der Waals surface area (Å²) in [6, 6.07) is 10.5. The van der Waals surface area contributed by atoms with E-state index in [2.05, 4.69) is 15.2 Å². The summed E-state index contributed by atoms with van der Waals surface area (Å²) in [6.07, 6.45) is 3.95. The van der Waals surface area contributed by atoms with Crippen molar-refractivity contribution in [2.75, 3.05) is 44.0 Å². The van der Waals surface area contributed by atoms with Crippen molar-refractivity contribution in [2.24, 2.45) is 0 Å². The molecule has 0 spiro atoms. The Balaban J connectivity index is 1.64. The summed E-state index contributed by atoms with van der Waals surface area (Å²) in [7, 11) is 3.36. The Kier molecular flexibility index (Phi) is 5.90. The van der Waals surface area contributed by atoms with Crippen LogP contribution in [0.15, 0.2) is 42.6 Å². The molecule has 1 fully saturated rings. The Morgan fingerprint density at radius 3 is 2.52 bits per heavy atom. The quantitative estimate of drug-likeness (QED) is 0.847. The second-order valence-electron chi connectivity index (χ2n) is 6.62. The fraction of sp³-hybridized carbons (Fsp3) is 0.350. The second kappa shape index (κ2) is 8.53. The van der Waals surface area contributed by atoms with Gasteiger partial charge in [0.05, 0.1) is 5.56 Å². The van der Waals surface area contributed by atoms with Crippen molar-refractivity contribution < 1.29 is 14.3 Å². The topological polar surface area (TPSA) is 74.8 Å². The first-order valence-corrected chi connectivity index (χ1v) is 8.99. The van der Waals surface area contributed by atoms with Gasteiger partial charge in [-0.05, 0) is 49.2 Å². The molecule has 0 unspecified atom stereocenters. The zero-order chi connectivity index (χ0) is 19.2. The summed E-state index contributed by atoms with van der Waals surface area (Å²) in [6.45, 7) is 1.83. The number of aromatic nitrogens is 1. The van der Waals surface area contributed by atoms with Gasteiger partial charge in [-0.15, -0.1) is 0 Å². The highest BCUT2D eigenvalue weighted by atomic mass is 16.5. The maximum atomic E-state index is 12.7. The van der Waals surface area contributed by atoms with Gasteiger partial charge in [0.1, 0.15) is 11.6 Å². The number of carbonyl (C=O) groups is 2. The number of carbonyl (C=O) groups excluding carboxylic acids is 2. The summed E-state index contributed by atoms with van der Waals surface area (Å²) in [4.78, 5) is 32.3. The lowest BCUT2D eigenvalue weighted by atomic mass is 10.2. The van der Waals surface area contributed by atoms with Crippen molar-refractivity contribution >= 4 is 23.3 Å². The van der Waals surface area contributed by atoms with E-state index in [0.29, 0.717) is 17.0 Å². The molecule has 142 valence electrons. The monoisotopic (exact) mass is 368 g/mol. The molecule has 2 heterocycles. The fourth-order valence-corrected chi connectivity index (χ4v) is 2.86. The Labute approximate surface area is 158 Å². The van der Waals surface area contributed by atoms with Gasteiger partial charge in [0.25, 0.3) is 11.8 Å². The Hall–Kier alpha value is -3.09. The smallest absolute Gasteiger partial charge is 0.259 e. The predicted molar refractivity (Wildman–Crippen MR) is 104 cm³/mol. The molecule has 1 aliphatic heterocycles. The van der Waals surface area contributed by atoms with E-state index in [1.165, 1.54) is 4.90 Å². The van der Waals surface area contributed by atoms with E-state index in [0.717, 1.165) is 31.7 Å². The van der Waals surface area contributed by atoms with E-state index in [4.69, 9.17) is 4.74 Å². The van der Waals surface area contributed by atoms with Gasteiger partial charge in [-0.3, -0.25) is 9.59 Å². The maximum absolute atomic E-state index is 12.7. The van der Waals surface area contributed by atoms with Crippen LogP contribution in [-0.4, -0.2) is 55.5 Å².